The maximum absolute atomic E-state index is 10.4. The second-order valence-electron chi connectivity index (χ2n) is 7.92. The molecule has 0 aliphatic carbocycles. The highest BCUT2D eigenvalue weighted by atomic mass is 16.3. The normalized spacial score (nSPS) is 12.6. The van der Waals surface area contributed by atoms with E-state index in [-0.39, 0.29) is 0 Å². The fourth-order valence-electron chi connectivity index (χ4n) is 3.32. The third-order valence-corrected chi connectivity index (χ3v) is 4.42. The Morgan fingerprint density at radius 3 is 2.60 bits per heavy atom. The minimum absolute atomic E-state index is 0.452. The summed E-state index contributed by atoms with van der Waals surface area (Å²) in [7, 11) is 0. The average Bonchev–Trinajstić information content (AvgIpc) is 2.85. The van der Waals surface area contributed by atoms with Crippen LogP contribution in [-0.4, -0.2) is 25.2 Å². The van der Waals surface area contributed by atoms with E-state index in [4.69, 9.17) is 10.7 Å². The highest BCUT2D eigenvalue weighted by molar-refractivity contribution is 6.06. The van der Waals surface area contributed by atoms with E-state index in [2.05, 4.69) is 23.4 Å². The van der Waals surface area contributed by atoms with Crippen molar-refractivity contribution in [2.24, 2.45) is 5.92 Å². The molecule has 0 aliphatic rings. The summed E-state index contributed by atoms with van der Waals surface area (Å²) < 4.78 is 2.13. The Bertz CT molecular complexity index is 890. The minimum atomic E-state index is -0.834. The molecule has 134 valence electrons. The molecule has 3 rings (SSSR count). The van der Waals surface area contributed by atoms with Gasteiger partial charge in [0.25, 0.3) is 0 Å². The van der Waals surface area contributed by atoms with Gasteiger partial charge in [0, 0.05) is 11.8 Å². The van der Waals surface area contributed by atoms with Crippen molar-refractivity contribution in [3.63, 3.8) is 0 Å². The van der Waals surface area contributed by atoms with Gasteiger partial charge in [-0.15, -0.1) is 0 Å². The summed E-state index contributed by atoms with van der Waals surface area (Å²) >= 11 is 0. The van der Waals surface area contributed by atoms with Crippen LogP contribution >= 0.6 is 0 Å². The smallest absolute Gasteiger partial charge is 0.152 e. The van der Waals surface area contributed by atoms with Crippen molar-refractivity contribution in [2.75, 3.05) is 5.73 Å². The van der Waals surface area contributed by atoms with Gasteiger partial charge in [-0.2, -0.15) is 0 Å². The first-order valence-electron chi connectivity index (χ1n) is 9.02. The summed E-state index contributed by atoms with van der Waals surface area (Å²) in [4.78, 5) is 9.31. The molecule has 25 heavy (non-hydrogen) atoms. The van der Waals surface area contributed by atoms with Crippen LogP contribution in [0.15, 0.2) is 24.3 Å². The summed E-state index contributed by atoms with van der Waals surface area (Å²) in [6.45, 7) is 8.59. The van der Waals surface area contributed by atoms with Crippen molar-refractivity contribution in [1.29, 1.82) is 0 Å². The molecule has 0 bridgehead atoms. The Balaban J connectivity index is 2.19. The van der Waals surface area contributed by atoms with Crippen molar-refractivity contribution in [1.82, 2.24) is 14.5 Å². The molecular weight excluding hydrogens is 312 g/mol. The molecule has 5 nitrogen and oxygen atoms in total. The summed E-state index contributed by atoms with van der Waals surface area (Å²) in [5.41, 5.74) is 7.94. The first-order chi connectivity index (χ1) is 11.8. The lowest BCUT2D eigenvalue weighted by atomic mass is 10.1. The monoisotopic (exact) mass is 340 g/mol. The van der Waals surface area contributed by atoms with Gasteiger partial charge >= 0.3 is 0 Å². The van der Waals surface area contributed by atoms with Crippen molar-refractivity contribution in [2.45, 2.75) is 59.1 Å². The van der Waals surface area contributed by atoms with Crippen LogP contribution in [0.2, 0.25) is 0 Å². The molecule has 0 aliphatic heterocycles. The number of hydrogen-bond donors (Lipinski definition) is 2. The van der Waals surface area contributed by atoms with Crippen LogP contribution in [0.25, 0.3) is 21.9 Å². The average molecular weight is 340 g/mol. The van der Waals surface area contributed by atoms with Gasteiger partial charge in [0.05, 0.1) is 23.2 Å². The Labute approximate surface area is 148 Å². The minimum Gasteiger partial charge on any atom is -0.389 e. The van der Waals surface area contributed by atoms with Gasteiger partial charge in [-0.25, -0.2) is 9.97 Å². The van der Waals surface area contributed by atoms with E-state index in [0.29, 0.717) is 18.3 Å². The van der Waals surface area contributed by atoms with E-state index >= 15 is 0 Å². The van der Waals surface area contributed by atoms with Crippen molar-refractivity contribution in [3.05, 3.63) is 30.1 Å². The van der Waals surface area contributed by atoms with E-state index in [0.717, 1.165) is 47.0 Å². The number of benzene rings is 1. The molecule has 0 saturated carbocycles. The van der Waals surface area contributed by atoms with Crippen molar-refractivity contribution in [3.8, 4) is 0 Å². The Kier molecular flexibility index (Phi) is 4.69. The first-order valence-corrected chi connectivity index (χ1v) is 9.02. The van der Waals surface area contributed by atoms with Crippen molar-refractivity contribution < 1.29 is 5.11 Å². The Morgan fingerprint density at radius 2 is 1.92 bits per heavy atom. The highest BCUT2D eigenvalue weighted by Crippen LogP contribution is 2.30. The van der Waals surface area contributed by atoms with E-state index < -0.39 is 5.60 Å². The van der Waals surface area contributed by atoms with E-state index in [1.807, 2.05) is 38.1 Å². The molecule has 5 heteroatoms. The van der Waals surface area contributed by atoms with Gasteiger partial charge < -0.3 is 15.4 Å². The molecule has 0 radical (unpaired) electrons. The standard InChI is InChI=1S/C20H28N4O/c1-13(2)8-7-11-16-23-17-18(24(16)12-20(3,4)25)14-9-5-6-10-15(14)22-19(17)21/h5-6,9-10,13,25H,7-8,11-12H2,1-4H3,(H2,21,22). The van der Waals surface area contributed by atoms with Gasteiger partial charge in [-0.1, -0.05) is 38.5 Å². The summed E-state index contributed by atoms with van der Waals surface area (Å²) in [6, 6.07) is 7.97. The molecule has 3 aromatic rings. The highest BCUT2D eigenvalue weighted by Gasteiger charge is 2.22. The number of pyridine rings is 1. The summed E-state index contributed by atoms with van der Waals surface area (Å²) in [5.74, 6) is 2.09. The number of aromatic nitrogens is 3. The van der Waals surface area contributed by atoms with E-state index in [9.17, 15) is 5.11 Å². The van der Waals surface area contributed by atoms with Gasteiger partial charge in [-0.05, 0) is 32.3 Å². The molecule has 0 saturated heterocycles. The van der Waals surface area contributed by atoms with E-state index in [1.165, 1.54) is 0 Å². The number of nitrogen functional groups attached to an aromatic ring is 1. The lowest BCUT2D eigenvalue weighted by molar-refractivity contribution is 0.0618. The van der Waals surface area contributed by atoms with Crippen LogP contribution in [0, 0.1) is 5.92 Å². The largest absolute Gasteiger partial charge is 0.389 e. The molecule has 0 atom stereocenters. The topological polar surface area (TPSA) is 77.0 Å². The van der Waals surface area contributed by atoms with E-state index in [1.54, 1.807) is 0 Å². The molecule has 2 heterocycles. The first kappa shape index (κ1) is 17.7. The molecule has 2 aromatic heterocycles. The SMILES string of the molecule is CC(C)CCCc1nc2c(N)nc3ccccc3c2n1CC(C)(C)O. The number of aliphatic hydroxyl groups is 1. The molecule has 0 amide bonds. The van der Waals surface area contributed by atoms with Gasteiger partial charge in [0.2, 0.25) is 0 Å². The zero-order chi connectivity index (χ0) is 18.2. The lowest BCUT2D eigenvalue weighted by Gasteiger charge is -2.21. The number of aryl methyl sites for hydroxylation is 1. The number of fused-ring (bicyclic) bond motifs is 3. The molecular formula is C20H28N4O. The predicted octanol–water partition coefficient (Wildman–Crippen LogP) is 3.92. The van der Waals surface area contributed by atoms with Crippen LogP contribution in [-0.2, 0) is 13.0 Å². The van der Waals surface area contributed by atoms with Crippen LogP contribution < -0.4 is 5.73 Å². The van der Waals surface area contributed by atoms with Crippen LogP contribution in [0.5, 0.6) is 0 Å². The van der Waals surface area contributed by atoms with Gasteiger partial charge in [-0.3, -0.25) is 0 Å². The lowest BCUT2D eigenvalue weighted by Crippen LogP contribution is -2.27. The fraction of sp³-hybridized carbons (Fsp3) is 0.500. The second-order valence-corrected chi connectivity index (χ2v) is 7.92. The summed E-state index contributed by atoms with van der Waals surface area (Å²) in [6.07, 6.45) is 3.09. The Morgan fingerprint density at radius 1 is 1.20 bits per heavy atom. The quantitative estimate of drug-likeness (QED) is 0.713. The van der Waals surface area contributed by atoms with Gasteiger partial charge in [0.15, 0.2) is 5.82 Å². The number of nitrogens with two attached hydrogens (primary N) is 1. The number of hydrogen-bond acceptors (Lipinski definition) is 4. The Hall–Kier alpha value is -2.14. The fourth-order valence-corrected chi connectivity index (χ4v) is 3.32. The molecule has 0 fully saturated rings. The number of anilines is 1. The van der Waals surface area contributed by atoms with Crippen molar-refractivity contribution >= 4 is 27.8 Å². The van der Waals surface area contributed by atoms with Crippen LogP contribution in [0.3, 0.4) is 0 Å². The van der Waals surface area contributed by atoms with Gasteiger partial charge in [0.1, 0.15) is 11.3 Å². The molecule has 0 unspecified atom stereocenters. The number of imidazole rings is 1. The number of nitrogens with zero attached hydrogens (tertiary/aromatic N) is 3. The zero-order valence-corrected chi connectivity index (χ0v) is 15.6. The third kappa shape index (κ3) is 3.76. The second kappa shape index (κ2) is 6.64. The predicted molar refractivity (Wildman–Crippen MR) is 104 cm³/mol. The zero-order valence-electron chi connectivity index (χ0n) is 15.6. The maximum atomic E-state index is 10.4. The third-order valence-electron chi connectivity index (χ3n) is 4.42. The van der Waals surface area contributed by atoms with Crippen LogP contribution in [0.4, 0.5) is 5.82 Å². The maximum Gasteiger partial charge on any atom is 0.152 e. The van der Waals surface area contributed by atoms with Crippen LogP contribution in [0.1, 0.15) is 46.4 Å². The summed E-state index contributed by atoms with van der Waals surface area (Å²) in [5, 5.41) is 11.5. The number of rotatable bonds is 6. The number of para-hydroxylation sites is 1. The molecule has 1 aromatic carbocycles. The molecule has 0 spiro atoms. The molecule has 3 N–H and O–H groups in total.